The van der Waals surface area contributed by atoms with E-state index in [0.717, 1.165) is 0 Å². The van der Waals surface area contributed by atoms with Crippen molar-refractivity contribution in [3.05, 3.63) is 77.0 Å². The van der Waals surface area contributed by atoms with E-state index in [-0.39, 0.29) is 70.0 Å². The standard InChI is InChI=1S/C32H29F2N7O3S/c1-4-25(43)39-11-12-40(22-15-21(22)39)30-17-14-19(34)28-26-18(33)6-5-7-20(26)36-24(42)9-13-45-23-8-10-35-27(16(2)3)29(23)41(31(17)37-28)32(44)38-30/h4-8,10,14,16,21-22H,1,9,11-13,15H2,2-3H3,(H,36,42)/t21-,22+/m0/s1. The molecule has 13 heteroatoms. The molecule has 10 nitrogen and oxygen atoms in total. The summed E-state index contributed by atoms with van der Waals surface area (Å²) in [7, 11) is 0. The molecule has 5 heterocycles. The zero-order valence-corrected chi connectivity index (χ0v) is 25.4. The number of fused-ring (bicyclic) bond motifs is 6. The van der Waals surface area contributed by atoms with Crippen LogP contribution in [0.2, 0.25) is 0 Å². The summed E-state index contributed by atoms with van der Waals surface area (Å²) in [5.74, 6) is -1.68. The predicted octanol–water partition coefficient (Wildman–Crippen LogP) is 4.65. The molecule has 1 N–H and O–H groups in total. The summed E-state index contributed by atoms with van der Waals surface area (Å²) in [6, 6.07) is 6.88. The second kappa shape index (κ2) is 11.1. The molecule has 2 bridgehead atoms. The minimum atomic E-state index is -0.844. The van der Waals surface area contributed by atoms with Crippen LogP contribution < -0.4 is 15.9 Å². The maximum absolute atomic E-state index is 16.2. The van der Waals surface area contributed by atoms with Crippen molar-refractivity contribution in [1.82, 2.24) is 24.4 Å². The quantitative estimate of drug-likeness (QED) is 0.326. The molecule has 3 aromatic heterocycles. The monoisotopic (exact) mass is 629 g/mol. The van der Waals surface area contributed by atoms with Crippen molar-refractivity contribution in [3.8, 4) is 16.9 Å². The van der Waals surface area contributed by atoms with Crippen molar-refractivity contribution < 1.29 is 18.4 Å². The third-order valence-electron chi connectivity index (χ3n) is 8.43. The lowest BCUT2D eigenvalue weighted by Gasteiger charge is -2.35. The van der Waals surface area contributed by atoms with Crippen LogP contribution in [0.3, 0.4) is 0 Å². The molecular weight excluding hydrogens is 600 g/mol. The highest BCUT2D eigenvalue weighted by Crippen LogP contribution is 2.43. The largest absolute Gasteiger partial charge is 0.355 e. The summed E-state index contributed by atoms with van der Waals surface area (Å²) in [5.41, 5.74) is -0.0343. The highest BCUT2D eigenvalue weighted by Gasteiger charge is 2.51. The van der Waals surface area contributed by atoms with Gasteiger partial charge in [0.2, 0.25) is 11.8 Å². The van der Waals surface area contributed by atoms with Gasteiger partial charge in [-0.15, -0.1) is 11.8 Å². The van der Waals surface area contributed by atoms with Gasteiger partial charge in [-0.1, -0.05) is 26.5 Å². The molecule has 1 saturated carbocycles. The third-order valence-corrected chi connectivity index (χ3v) is 9.48. The molecule has 7 rings (SSSR count). The lowest BCUT2D eigenvalue weighted by atomic mass is 10.1. The molecule has 0 radical (unpaired) electrons. The Morgan fingerprint density at radius 2 is 1.96 bits per heavy atom. The number of benzene rings is 1. The lowest BCUT2D eigenvalue weighted by Crippen LogP contribution is -2.49. The van der Waals surface area contributed by atoms with Gasteiger partial charge in [-0.2, -0.15) is 4.98 Å². The van der Waals surface area contributed by atoms with Crippen LogP contribution in [0.1, 0.15) is 38.3 Å². The number of amides is 2. The van der Waals surface area contributed by atoms with Gasteiger partial charge in [-0.25, -0.2) is 23.1 Å². The number of hydrogen-bond acceptors (Lipinski definition) is 8. The summed E-state index contributed by atoms with van der Waals surface area (Å²) in [5, 5.41) is 2.98. The number of nitrogens with one attached hydrogen (secondary N) is 1. The Balaban J connectivity index is 1.54. The van der Waals surface area contributed by atoms with Gasteiger partial charge < -0.3 is 15.1 Å². The molecule has 3 aliphatic rings. The maximum atomic E-state index is 16.2. The number of aromatic nitrogens is 4. The number of halogens is 2. The molecule has 0 unspecified atom stereocenters. The average Bonchev–Trinajstić information content (AvgIpc) is 3.81. The van der Waals surface area contributed by atoms with Crippen molar-refractivity contribution in [2.75, 3.05) is 29.1 Å². The van der Waals surface area contributed by atoms with E-state index in [4.69, 9.17) is 0 Å². The number of thioether (sulfide) groups is 1. The van der Waals surface area contributed by atoms with Crippen molar-refractivity contribution in [2.45, 2.75) is 49.6 Å². The second-order valence-electron chi connectivity index (χ2n) is 11.5. The molecule has 45 heavy (non-hydrogen) atoms. The van der Waals surface area contributed by atoms with Crippen LogP contribution >= 0.6 is 11.8 Å². The molecular formula is C32H29F2N7O3S. The minimum absolute atomic E-state index is 0.0732. The minimum Gasteiger partial charge on any atom is -0.349 e. The summed E-state index contributed by atoms with van der Waals surface area (Å²) in [6.45, 7) is 8.23. The molecule has 1 saturated heterocycles. The first-order valence-electron chi connectivity index (χ1n) is 14.7. The fourth-order valence-electron chi connectivity index (χ4n) is 6.29. The number of nitrogens with zero attached hydrogens (tertiary/aromatic N) is 6. The van der Waals surface area contributed by atoms with Gasteiger partial charge in [-0.3, -0.25) is 14.6 Å². The van der Waals surface area contributed by atoms with Gasteiger partial charge in [0.15, 0.2) is 11.5 Å². The zero-order valence-electron chi connectivity index (χ0n) is 24.6. The summed E-state index contributed by atoms with van der Waals surface area (Å²) >= 11 is 1.37. The second-order valence-corrected chi connectivity index (χ2v) is 12.7. The molecule has 0 spiro atoms. The Kier molecular flexibility index (Phi) is 7.15. The fraction of sp³-hybridized carbons (Fsp3) is 0.312. The van der Waals surface area contributed by atoms with Crippen LogP contribution in [-0.4, -0.2) is 67.2 Å². The topological polar surface area (TPSA) is 113 Å². The van der Waals surface area contributed by atoms with E-state index < -0.39 is 17.3 Å². The highest BCUT2D eigenvalue weighted by molar-refractivity contribution is 7.99. The Bertz CT molecular complexity index is 1980. The third kappa shape index (κ3) is 4.85. The van der Waals surface area contributed by atoms with E-state index in [1.807, 2.05) is 18.7 Å². The van der Waals surface area contributed by atoms with Crippen molar-refractivity contribution in [1.29, 1.82) is 0 Å². The van der Waals surface area contributed by atoms with Crippen LogP contribution in [-0.2, 0) is 9.59 Å². The Labute approximate surface area is 261 Å². The molecule has 2 fully saturated rings. The van der Waals surface area contributed by atoms with E-state index >= 15 is 8.78 Å². The van der Waals surface area contributed by atoms with Gasteiger partial charge in [0.05, 0.1) is 40.1 Å². The van der Waals surface area contributed by atoms with Crippen molar-refractivity contribution >= 4 is 46.1 Å². The fourth-order valence-corrected chi connectivity index (χ4v) is 7.29. The van der Waals surface area contributed by atoms with Gasteiger partial charge >= 0.3 is 5.69 Å². The van der Waals surface area contributed by atoms with Crippen LogP contribution in [0.4, 0.5) is 20.3 Å². The summed E-state index contributed by atoms with van der Waals surface area (Å²) in [4.78, 5) is 57.7. The van der Waals surface area contributed by atoms with E-state index in [2.05, 4.69) is 26.8 Å². The van der Waals surface area contributed by atoms with Crippen molar-refractivity contribution in [3.63, 3.8) is 0 Å². The molecule has 2 amide bonds. The molecule has 1 aromatic carbocycles. The first kappa shape index (κ1) is 29.1. The number of pyridine rings is 2. The van der Waals surface area contributed by atoms with Crippen LogP contribution in [0.25, 0.3) is 28.0 Å². The number of piperazine rings is 1. The number of carbonyl (C=O) groups excluding carboxylic acids is 2. The number of carbonyl (C=O) groups is 2. The smallest absolute Gasteiger partial charge is 0.349 e. The average molecular weight is 630 g/mol. The molecule has 4 aromatic rings. The van der Waals surface area contributed by atoms with Gasteiger partial charge in [0.1, 0.15) is 17.3 Å². The van der Waals surface area contributed by atoms with E-state index in [0.29, 0.717) is 41.5 Å². The van der Waals surface area contributed by atoms with E-state index in [1.165, 1.54) is 46.7 Å². The van der Waals surface area contributed by atoms with Gasteiger partial charge in [0.25, 0.3) is 0 Å². The van der Waals surface area contributed by atoms with E-state index in [9.17, 15) is 14.4 Å². The molecule has 1 aliphatic carbocycles. The Morgan fingerprint density at radius 3 is 2.73 bits per heavy atom. The van der Waals surface area contributed by atoms with Crippen molar-refractivity contribution in [2.24, 2.45) is 0 Å². The number of rotatable bonds is 3. The number of hydrogen-bond donors (Lipinski definition) is 1. The number of anilines is 2. The van der Waals surface area contributed by atoms with Gasteiger partial charge in [0, 0.05) is 36.4 Å². The Morgan fingerprint density at radius 1 is 1.13 bits per heavy atom. The highest BCUT2D eigenvalue weighted by atomic mass is 32.2. The van der Waals surface area contributed by atoms with E-state index in [1.54, 1.807) is 17.2 Å². The van der Waals surface area contributed by atoms with Crippen LogP contribution in [0.15, 0.2) is 58.9 Å². The first-order valence-corrected chi connectivity index (χ1v) is 15.7. The molecule has 2 aliphatic heterocycles. The SMILES string of the molecule is C=CC(=O)N1CCN(c2nc(=O)n3c4nc(c(F)cc24)-c2c(F)cccc2NC(=O)CCSc2ccnc(C(C)C)c2-3)[C@@H]2C[C@@H]21. The van der Waals surface area contributed by atoms with Crippen LogP contribution in [0.5, 0.6) is 0 Å². The predicted molar refractivity (Wildman–Crippen MR) is 168 cm³/mol. The summed E-state index contributed by atoms with van der Waals surface area (Å²) < 4.78 is 33.1. The normalized spacial score (nSPS) is 19.2. The molecule has 230 valence electrons. The van der Waals surface area contributed by atoms with Gasteiger partial charge in [-0.05, 0) is 42.7 Å². The Hall–Kier alpha value is -4.65. The molecule has 2 atom stereocenters. The zero-order chi connectivity index (χ0) is 31.6. The van der Waals surface area contributed by atoms with Crippen LogP contribution in [0, 0.1) is 11.6 Å². The maximum Gasteiger partial charge on any atom is 0.355 e. The summed E-state index contributed by atoms with van der Waals surface area (Å²) in [6.07, 6.45) is 3.68. The lowest BCUT2D eigenvalue weighted by molar-refractivity contribution is -0.127. The first-order chi connectivity index (χ1) is 21.7.